The fourth-order valence-corrected chi connectivity index (χ4v) is 2.85. The third-order valence-electron chi connectivity index (χ3n) is 3.14. The van der Waals surface area contributed by atoms with Gasteiger partial charge in [0, 0.05) is 10.5 Å². The van der Waals surface area contributed by atoms with Gasteiger partial charge in [0.2, 0.25) is 0 Å². The number of halogens is 1. The smallest absolute Gasteiger partial charge is 0.175 e. The quantitative estimate of drug-likeness (QED) is 0.583. The summed E-state index contributed by atoms with van der Waals surface area (Å²) in [4.78, 5) is 13.2. The predicted octanol–water partition coefficient (Wildman–Crippen LogP) is 4.75. The lowest BCUT2D eigenvalue weighted by molar-refractivity contribution is 0.0994. The molecule has 0 amide bonds. The molecule has 1 atom stereocenters. The summed E-state index contributed by atoms with van der Waals surface area (Å²) in [6.45, 7) is 3.97. The van der Waals surface area contributed by atoms with Gasteiger partial charge in [-0.1, -0.05) is 31.2 Å². The van der Waals surface area contributed by atoms with Crippen molar-refractivity contribution in [2.75, 3.05) is 0 Å². The summed E-state index contributed by atoms with van der Waals surface area (Å²) in [7, 11) is 0. The molecule has 2 rings (SSSR count). The number of thioether (sulfide) groups is 1. The number of ketones is 1. The van der Waals surface area contributed by atoms with E-state index in [2.05, 4.69) is 6.92 Å². The maximum Gasteiger partial charge on any atom is 0.175 e. The molecule has 1 nitrogen and oxygen atoms in total. The Morgan fingerprint density at radius 1 is 1.10 bits per heavy atom. The van der Waals surface area contributed by atoms with E-state index >= 15 is 0 Å². The van der Waals surface area contributed by atoms with Gasteiger partial charge in [-0.25, -0.2) is 4.39 Å². The molecular weight excluding hydrogens is 271 g/mol. The van der Waals surface area contributed by atoms with Crippen LogP contribution in [0.3, 0.4) is 0 Å². The van der Waals surface area contributed by atoms with Crippen LogP contribution in [-0.2, 0) is 6.42 Å². The van der Waals surface area contributed by atoms with Crippen LogP contribution >= 0.6 is 11.8 Å². The van der Waals surface area contributed by atoms with Crippen LogP contribution in [0, 0.1) is 5.82 Å². The lowest BCUT2D eigenvalue weighted by atomic mass is 10.1. The summed E-state index contributed by atoms with van der Waals surface area (Å²) in [6.07, 6.45) is 0.967. The Kier molecular flexibility index (Phi) is 4.96. The zero-order valence-electron chi connectivity index (χ0n) is 11.6. The molecule has 0 spiro atoms. The highest BCUT2D eigenvalue weighted by atomic mass is 32.2. The van der Waals surface area contributed by atoms with Crippen LogP contribution in [0.4, 0.5) is 4.39 Å². The Hall–Kier alpha value is -1.61. The Morgan fingerprint density at radius 2 is 1.70 bits per heavy atom. The molecule has 0 aromatic heterocycles. The van der Waals surface area contributed by atoms with Crippen LogP contribution in [0.1, 0.15) is 29.8 Å². The minimum atomic E-state index is -0.261. The molecule has 0 saturated heterocycles. The van der Waals surface area contributed by atoms with Gasteiger partial charge in [0.1, 0.15) is 5.82 Å². The van der Waals surface area contributed by atoms with E-state index in [0.717, 1.165) is 16.9 Å². The van der Waals surface area contributed by atoms with Crippen LogP contribution in [-0.4, -0.2) is 11.0 Å². The number of aryl methyl sites for hydroxylation is 1. The second-order valence-electron chi connectivity index (χ2n) is 4.63. The molecule has 20 heavy (non-hydrogen) atoms. The van der Waals surface area contributed by atoms with E-state index in [0.29, 0.717) is 0 Å². The van der Waals surface area contributed by atoms with Gasteiger partial charge in [0.25, 0.3) is 0 Å². The normalized spacial score (nSPS) is 12.2. The highest BCUT2D eigenvalue weighted by Gasteiger charge is 2.16. The standard InChI is InChI=1S/C17H17FOS/c1-3-13-4-6-14(7-5-13)17(19)12(2)20-16-10-8-15(18)9-11-16/h4-12H,3H2,1-2H3. The van der Waals surface area contributed by atoms with Gasteiger partial charge >= 0.3 is 0 Å². The van der Waals surface area contributed by atoms with Gasteiger partial charge in [0.15, 0.2) is 5.78 Å². The Bertz CT molecular complexity index is 575. The van der Waals surface area contributed by atoms with E-state index in [1.54, 1.807) is 12.1 Å². The van der Waals surface area contributed by atoms with Gasteiger partial charge < -0.3 is 0 Å². The molecule has 0 radical (unpaired) electrons. The zero-order valence-corrected chi connectivity index (χ0v) is 12.4. The average molecular weight is 288 g/mol. The third-order valence-corrected chi connectivity index (χ3v) is 4.25. The first kappa shape index (κ1) is 14.8. The van der Waals surface area contributed by atoms with Gasteiger partial charge in [-0.15, -0.1) is 11.8 Å². The summed E-state index contributed by atoms with van der Waals surface area (Å²) in [5.41, 5.74) is 1.95. The number of hydrogen-bond acceptors (Lipinski definition) is 2. The fourth-order valence-electron chi connectivity index (χ4n) is 1.91. The highest BCUT2D eigenvalue weighted by molar-refractivity contribution is 8.00. The van der Waals surface area contributed by atoms with Crippen molar-refractivity contribution < 1.29 is 9.18 Å². The van der Waals surface area contributed by atoms with Crippen LogP contribution in [0.2, 0.25) is 0 Å². The van der Waals surface area contributed by atoms with E-state index < -0.39 is 0 Å². The molecule has 104 valence electrons. The molecule has 0 aliphatic heterocycles. The number of carbonyl (C=O) groups is 1. The first-order chi connectivity index (χ1) is 9.60. The SMILES string of the molecule is CCc1ccc(C(=O)C(C)Sc2ccc(F)cc2)cc1. The number of Topliss-reactive ketones (excluding diaryl/α,β-unsaturated/α-hetero) is 1. The number of carbonyl (C=O) groups excluding carboxylic acids is 1. The molecule has 0 saturated carbocycles. The summed E-state index contributed by atoms with van der Waals surface area (Å²) in [5, 5.41) is -0.187. The molecule has 0 N–H and O–H groups in total. The second kappa shape index (κ2) is 6.71. The van der Waals surface area contributed by atoms with Crippen molar-refractivity contribution in [2.24, 2.45) is 0 Å². The van der Waals surface area contributed by atoms with E-state index in [1.165, 1.54) is 29.5 Å². The number of rotatable bonds is 5. The van der Waals surface area contributed by atoms with Crippen LogP contribution in [0.5, 0.6) is 0 Å². The number of benzene rings is 2. The van der Waals surface area contributed by atoms with Crippen molar-refractivity contribution in [3.8, 4) is 0 Å². The summed E-state index contributed by atoms with van der Waals surface area (Å²) < 4.78 is 12.8. The Morgan fingerprint density at radius 3 is 2.25 bits per heavy atom. The summed E-state index contributed by atoms with van der Waals surface area (Å²) in [6, 6.07) is 14.0. The zero-order chi connectivity index (χ0) is 14.5. The van der Waals surface area contributed by atoms with Crippen LogP contribution in [0.15, 0.2) is 53.4 Å². The van der Waals surface area contributed by atoms with Crippen LogP contribution in [0.25, 0.3) is 0 Å². The molecule has 0 aliphatic rings. The molecule has 0 bridgehead atoms. The summed E-state index contributed by atoms with van der Waals surface area (Å²) in [5.74, 6) is -0.162. The van der Waals surface area contributed by atoms with Crippen molar-refractivity contribution in [3.63, 3.8) is 0 Å². The lowest BCUT2D eigenvalue weighted by Gasteiger charge is -2.10. The maximum absolute atomic E-state index is 12.8. The predicted molar refractivity (Wildman–Crippen MR) is 81.9 cm³/mol. The van der Waals surface area contributed by atoms with Gasteiger partial charge in [-0.2, -0.15) is 0 Å². The monoisotopic (exact) mass is 288 g/mol. The van der Waals surface area contributed by atoms with Crippen LogP contribution < -0.4 is 0 Å². The highest BCUT2D eigenvalue weighted by Crippen LogP contribution is 2.25. The summed E-state index contributed by atoms with van der Waals surface area (Å²) >= 11 is 1.45. The molecule has 2 aromatic rings. The van der Waals surface area contributed by atoms with Gasteiger partial charge in [-0.05, 0) is 43.2 Å². The molecule has 0 aliphatic carbocycles. The van der Waals surface area contributed by atoms with E-state index in [1.807, 2.05) is 31.2 Å². The van der Waals surface area contributed by atoms with Crippen molar-refractivity contribution in [3.05, 3.63) is 65.5 Å². The van der Waals surface area contributed by atoms with Crippen molar-refractivity contribution in [2.45, 2.75) is 30.4 Å². The van der Waals surface area contributed by atoms with Crippen molar-refractivity contribution >= 4 is 17.5 Å². The molecule has 1 unspecified atom stereocenters. The first-order valence-electron chi connectivity index (χ1n) is 6.65. The average Bonchev–Trinajstić information content (AvgIpc) is 2.49. The molecule has 0 fully saturated rings. The third kappa shape index (κ3) is 3.70. The van der Waals surface area contributed by atoms with Crippen molar-refractivity contribution in [1.29, 1.82) is 0 Å². The van der Waals surface area contributed by atoms with Gasteiger partial charge in [-0.3, -0.25) is 4.79 Å². The molecule has 0 heterocycles. The lowest BCUT2D eigenvalue weighted by Crippen LogP contribution is -2.13. The van der Waals surface area contributed by atoms with E-state index in [-0.39, 0.29) is 16.9 Å². The van der Waals surface area contributed by atoms with E-state index in [4.69, 9.17) is 0 Å². The number of hydrogen-bond donors (Lipinski definition) is 0. The molecule has 3 heteroatoms. The second-order valence-corrected chi connectivity index (χ2v) is 6.04. The largest absolute Gasteiger partial charge is 0.293 e. The van der Waals surface area contributed by atoms with Gasteiger partial charge in [0.05, 0.1) is 5.25 Å². The minimum absolute atomic E-state index is 0.0991. The molecule has 2 aromatic carbocycles. The first-order valence-corrected chi connectivity index (χ1v) is 7.53. The minimum Gasteiger partial charge on any atom is -0.293 e. The Labute approximate surface area is 123 Å². The van der Waals surface area contributed by atoms with Crippen molar-refractivity contribution in [1.82, 2.24) is 0 Å². The fraction of sp³-hybridized carbons (Fsp3) is 0.235. The topological polar surface area (TPSA) is 17.1 Å². The maximum atomic E-state index is 12.8. The Balaban J connectivity index is 2.05. The van der Waals surface area contributed by atoms with E-state index in [9.17, 15) is 9.18 Å². The molecular formula is C17H17FOS.